The van der Waals surface area contributed by atoms with Gasteiger partial charge in [0.15, 0.2) is 5.96 Å². The third-order valence-corrected chi connectivity index (χ3v) is 5.23. The summed E-state index contributed by atoms with van der Waals surface area (Å²) >= 11 is 1.80. The normalized spacial score (nSPS) is 12.4. The first-order valence-corrected chi connectivity index (χ1v) is 9.38. The predicted octanol–water partition coefficient (Wildman–Crippen LogP) is 4.14. The van der Waals surface area contributed by atoms with E-state index in [0.717, 1.165) is 31.9 Å². The molecule has 1 atom stereocenters. The Morgan fingerprint density at radius 3 is 2.56 bits per heavy atom. The Bertz CT molecular complexity index is 652. The Morgan fingerprint density at radius 2 is 1.96 bits per heavy atom. The van der Waals surface area contributed by atoms with Crippen LogP contribution in [-0.2, 0) is 12.8 Å². The zero-order valence-electron chi connectivity index (χ0n) is 15.5. The molecule has 0 spiro atoms. The van der Waals surface area contributed by atoms with Crippen LogP contribution in [0.1, 0.15) is 40.8 Å². The van der Waals surface area contributed by atoms with Crippen LogP contribution < -0.4 is 10.6 Å². The molecule has 25 heavy (non-hydrogen) atoms. The Balaban J connectivity index is 0.00000312. The van der Waals surface area contributed by atoms with E-state index in [4.69, 9.17) is 0 Å². The first-order valence-electron chi connectivity index (χ1n) is 8.57. The lowest BCUT2D eigenvalue weighted by Gasteiger charge is -2.16. The number of guanidine groups is 1. The fourth-order valence-corrected chi connectivity index (χ4v) is 3.26. The van der Waals surface area contributed by atoms with Gasteiger partial charge in [0.1, 0.15) is 0 Å². The second-order valence-electron chi connectivity index (χ2n) is 6.02. The highest BCUT2D eigenvalue weighted by atomic mass is 127. The molecule has 0 aliphatic rings. The lowest BCUT2D eigenvalue weighted by Crippen LogP contribution is -2.39. The fourth-order valence-electron chi connectivity index (χ4n) is 2.40. The Hall–Kier alpha value is -1.15. The van der Waals surface area contributed by atoms with E-state index >= 15 is 0 Å². The summed E-state index contributed by atoms with van der Waals surface area (Å²) in [7, 11) is 1.81. The number of nitrogens with one attached hydrogen (secondary N) is 2. The van der Waals surface area contributed by atoms with E-state index in [1.165, 1.54) is 21.0 Å². The van der Waals surface area contributed by atoms with Crippen molar-refractivity contribution in [1.82, 2.24) is 15.6 Å². The zero-order chi connectivity index (χ0) is 17.4. The highest BCUT2D eigenvalue weighted by Gasteiger charge is 2.07. The van der Waals surface area contributed by atoms with E-state index in [1.807, 2.05) is 13.2 Å². The number of aliphatic imine (C=N–C) groups is 1. The lowest BCUT2D eigenvalue weighted by molar-refractivity contribution is 0.697. The molecule has 0 fully saturated rings. The molecule has 0 saturated carbocycles. The van der Waals surface area contributed by atoms with Crippen LogP contribution in [0, 0.1) is 6.92 Å². The summed E-state index contributed by atoms with van der Waals surface area (Å²) in [5.41, 5.74) is 2.64. The van der Waals surface area contributed by atoms with Gasteiger partial charge < -0.3 is 10.6 Å². The smallest absolute Gasteiger partial charge is 0.191 e. The maximum atomic E-state index is 4.45. The second-order valence-corrected chi connectivity index (χ2v) is 7.22. The predicted molar refractivity (Wildman–Crippen MR) is 120 cm³/mol. The molecular weight excluding hydrogens is 443 g/mol. The molecule has 1 unspecified atom stereocenters. The second kappa shape index (κ2) is 11.5. The molecule has 2 N–H and O–H groups in total. The number of hydrogen-bond acceptors (Lipinski definition) is 3. The van der Waals surface area contributed by atoms with Crippen LogP contribution in [0.5, 0.6) is 0 Å². The van der Waals surface area contributed by atoms with Crippen molar-refractivity contribution in [2.24, 2.45) is 4.99 Å². The van der Waals surface area contributed by atoms with Gasteiger partial charge in [0, 0.05) is 37.6 Å². The number of hydrogen-bond donors (Lipinski definition) is 2. The zero-order valence-corrected chi connectivity index (χ0v) is 18.7. The molecule has 2 rings (SSSR count). The molecule has 138 valence electrons. The summed E-state index contributed by atoms with van der Waals surface area (Å²) in [5.74, 6) is 1.29. The molecule has 0 aliphatic heterocycles. The van der Waals surface area contributed by atoms with Gasteiger partial charge in [0.05, 0.1) is 5.01 Å². The van der Waals surface area contributed by atoms with E-state index in [9.17, 15) is 0 Å². The van der Waals surface area contributed by atoms with E-state index < -0.39 is 0 Å². The first-order chi connectivity index (χ1) is 11.6. The number of rotatable bonds is 7. The maximum absolute atomic E-state index is 4.45. The molecule has 6 heteroatoms. The average molecular weight is 472 g/mol. The van der Waals surface area contributed by atoms with E-state index in [2.05, 4.69) is 65.6 Å². The molecule has 1 heterocycles. The van der Waals surface area contributed by atoms with Gasteiger partial charge in [-0.15, -0.1) is 35.3 Å². The van der Waals surface area contributed by atoms with Gasteiger partial charge in [-0.25, -0.2) is 4.98 Å². The van der Waals surface area contributed by atoms with Gasteiger partial charge in [-0.05, 0) is 24.8 Å². The Morgan fingerprint density at radius 1 is 1.24 bits per heavy atom. The molecule has 1 aromatic carbocycles. The topological polar surface area (TPSA) is 49.3 Å². The molecule has 0 saturated heterocycles. The van der Waals surface area contributed by atoms with Crippen molar-refractivity contribution in [1.29, 1.82) is 0 Å². The van der Waals surface area contributed by atoms with Crippen molar-refractivity contribution in [2.75, 3.05) is 20.1 Å². The number of nitrogens with zero attached hydrogens (tertiary/aromatic N) is 2. The largest absolute Gasteiger partial charge is 0.356 e. The van der Waals surface area contributed by atoms with Gasteiger partial charge >= 0.3 is 0 Å². The third kappa shape index (κ3) is 7.32. The molecule has 0 aliphatic carbocycles. The minimum absolute atomic E-state index is 0. The average Bonchev–Trinajstić information content (AvgIpc) is 3.06. The van der Waals surface area contributed by atoms with Crippen LogP contribution in [0.2, 0.25) is 0 Å². The van der Waals surface area contributed by atoms with Crippen LogP contribution >= 0.6 is 35.3 Å². The number of thiazole rings is 1. The molecule has 2 aromatic rings. The van der Waals surface area contributed by atoms with Crippen molar-refractivity contribution in [3.8, 4) is 0 Å². The summed E-state index contributed by atoms with van der Waals surface area (Å²) in [6, 6.07) is 8.73. The van der Waals surface area contributed by atoms with Gasteiger partial charge in [0.2, 0.25) is 0 Å². The highest BCUT2D eigenvalue weighted by Crippen LogP contribution is 2.15. The van der Waals surface area contributed by atoms with E-state index in [0.29, 0.717) is 5.92 Å². The van der Waals surface area contributed by atoms with Crippen LogP contribution in [0.15, 0.2) is 35.5 Å². The van der Waals surface area contributed by atoms with E-state index in [1.54, 1.807) is 11.3 Å². The standard InChI is InChI=1S/C19H28N4S.HI/c1-5-17-13-22-18(24-17)10-11-21-19(20-4)23-12-15(3)16-8-6-14(2)7-9-16;/h6-9,13,15H,5,10-12H2,1-4H3,(H2,20,21,23);1H. The maximum Gasteiger partial charge on any atom is 0.191 e. The minimum atomic E-state index is 0. The number of halogens is 1. The van der Waals surface area contributed by atoms with Gasteiger partial charge in [-0.2, -0.15) is 0 Å². The summed E-state index contributed by atoms with van der Waals surface area (Å²) in [6.45, 7) is 8.21. The van der Waals surface area contributed by atoms with Crippen molar-refractivity contribution >= 4 is 41.3 Å². The quantitative estimate of drug-likeness (QED) is 0.362. The third-order valence-electron chi connectivity index (χ3n) is 4.03. The SMILES string of the molecule is CCc1cnc(CCNC(=NC)NCC(C)c2ccc(C)cc2)s1.I. The van der Waals surface area contributed by atoms with Gasteiger partial charge in [0.25, 0.3) is 0 Å². The molecule has 1 aromatic heterocycles. The van der Waals surface area contributed by atoms with Crippen LogP contribution in [-0.4, -0.2) is 31.1 Å². The molecule has 0 amide bonds. The van der Waals surface area contributed by atoms with Crippen LogP contribution in [0.25, 0.3) is 0 Å². The Kier molecular flexibility index (Phi) is 10.0. The van der Waals surface area contributed by atoms with Gasteiger partial charge in [-0.3, -0.25) is 4.99 Å². The Labute approximate surface area is 172 Å². The van der Waals surface area contributed by atoms with E-state index in [-0.39, 0.29) is 24.0 Å². The first kappa shape index (κ1) is 21.9. The number of aryl methyl sites for hydroxylation is 2. The lowest BCUT2D eigenvalue weighted by atomic mass is 10.0. The van der Waals surface area contributed by atoms with Crippen molar-refractivity contribution in [3.05, 3.63) is 51.5 Å². The number of benzene rings is 1. The summed E-state index contributed by atoms with van der Waals surface area (Å²) < 4.78 is 0. The molecule has 4 nitrogen and oxygen atoms in total. The van der Waals surface area contributed by atoms with Crippen LogP contribution in [0.4, 0.5) is 0 Å². The summed E-state index contributed by atoms with van der Waals surface area (Å²) in [5, 5.41) is 7.96. The monoisotopic (exact) mass is 472 g/mol. The molecule has 0 radical (unpaired) electrons. The summed E-state index contributed by atoms with van der Waals surface area (Å²) in [4.78, 5) is 10.1. The van der Waals surface area contributed by atoms with Crippen molar-refractivity contribution < 1.29 is 0 Å². The van der Waals surface area contributed by atoms with Gasteiger partial charge in [-0.1, -0.05) is 43.7 Å². The van der Waals surface area contributed by atoms with Crippen LogP contribution in [0.3, 0.4) is 0 Å². The highest BCUT2D eigenvalue weighted by molar-refractivity contribution is 14.0. The van der Waals surface area contributed by atoms with Crippen molar-refractivity contribution in [3.63, 3.8) is 0 Å². The minimum Gasteiger partial charge on any atom is -0.356 e. The summed E-state index contributed by atoms with van der Waals surface area (Å²) in [6.07, 6.45) is 3.97. The number of aromatic nitrogens is 1. The molecule has 0 bridgehead atoms. The fraction of sp³-hybridized carbons (Fsp3) is 0.474. The van der Waals surface area contributed by atoms with Crippen molar-refractivity contribution in [2.45, 2.75) is 39.5 Å². The molecular formula is C19H29IN4S.